The molecule has 1 spiro atoms. The van der Waals surface area contributed by atoms with Crippen LogP contribution in [0.2, 0.25) is 0 Å². The summed E-state index contributed by atoms with van der Waals surface area (Å²) >= 11 is 0. The van der Waals surface area contributed by atoms with E-state index in [1.54, 1.807) is 18.2 Å². The Balaban J connectivity index is 1.46. The van der Waals surface area contributed by atoms with Crippen molar-refractivity contribution in [3.8, 4) is 11.5 Å². The number of anilines is 1. The first-order chi connectivity index (χ1) is 14.4. The van der Waals surface area contributed by atoms with Crippen molar-refractivity contribution in [3.05, 3.63) is 18.2 Å². The minimum Gasteiger partial charge on any atom is -0.497 e. The Bertz CT molecular complexity index is 849. The fourth-order valence-corrected chi connectivity index (χ4v) is 3.72. The number of nitrogens with one attached hydrogen (secondary N) is 2. The summed E-state index contributed by atoms with van der Waals surface area (Å²) in [5, 5.41) is 5.34. The molecular weight excluding hydrogens is 394 g/mol. The molecule has 30 heavy (non-hydrogen) atoms. The minimum atomic E-state index is -0.809. The first-order valence-corrected chi connectivity index (χ1v) is 9.70. The standard InChI is InChI=1S/C20H25N3O7/c1-28-13-5-6-15(29-2)14(11-13)21-16(24)12-30-17(25)7-10-23-18(26)20(22-19(23)27)8-3-4-9-20/h5-6,11H,3-4,7-10,12H2,1-2H3,(H,21,24)(H,22,27). The molecule has 0 bridgehead atoms. The summed E-state index contributed by atoms with van der Waals surface area (Å²) in [4.78, 5) is 49.8. The number of hydrogen-bond donors (Lipinski definition) is 2. The fraction of sp³-hybridized carbons (Fsp3) is 0.500. The van der Waals surface area contributed by atoms with Crippen molar-refractivity contribution in [3.63, 3.8) is 0 Å². The molecule has 1 aromatic carbocycles. The van der Waals surface area contributed by atoms with E-state index in [0.29, 0.717) is 30.0 Å². The Hall–Kier alpha value is -3.30. The van der Waals surface area contributed by atoms with Gasteiger partial charge in [0.25, 0.3) is 11.8 Å². The lowest BCUT2D eigenvalue weighted by atomic mass is 9.98. The molecule has 10 nitrogen and oxygen atoms in total. The van der Waals surface area contributed by atoms with Gasteiger partial charge in [-0.2, -0.15) is 0 Å². The van der Waals surface area contributed by atoms with Crippen molar-refractivity contribution >= 4 is 29.5 Å². The summed E-state index contributed by atoms with van der Waals surface area (Å²) in [6.07, 6.45) is 2.81. The zero-order valence-corrected chi connectivity index (χ0v) is 17.0. The summed E-state index contributed by atoms with van der Waals surface area (Å²) in [6.45, 7) is -0.597. The zero-order valence-electron chi connectivity index (χ0n) is 17.0. The van der Waals surface area contributed by atoms with Gasteiger partial charge in [-0.05, 0) is 25.0 Å². The second-order valence-electron chi connectivity index (χ2n) is 7.20. The van der Waals surface area contributed by atoms with Gasteiger partial charge in [-0.15, -0.1) is 0 Å². The molecule has 10 heteroatoms. The number of carbonyl (C=O) groups is 4. The van der Waals surface area contributed by atoms with Crippen molar-refractivity contribution in [2.24, 2.45) is 0 Å². The van der Waals surface area contributed by atoms with E-state index in [1.165, 1.54) is 14.2 Å². The van der Waals surface area contributed by atoms with Crippen molar-refractivity contribution in [2.45, 2.75) is 37.6 Å². The summed E-state index contributed by atoms with van der Waals surface area (Å²) in [5.74, 6) is -0.585. The number of methoxy groups -OCH3 is 2. The van der Waals surface area contributed by atoms with Gasteiger partial charge in [0, 0.05) is 12.6 Å². The van der Waals surface area contributed by atoms with E-state index in [1.807, 2.05) is 0 Å². The quantitative estimate of drug-likeness (QED) is 0.483. The van der Waals surface area contributed by atoms with Gasteiger partial charge in [-0.25, -0.2) is 4.79 Å². The van der Waals surface area contributed by atoms with Crippen LogP contribution in [0.1, 0.15) is 32.1 Å². The van der Waals surface area contributed by atoms with Crippen molar-refractivity contribution < 1.29 is 33.4 Å². The van der Waals surface area contributed by atoms with Crippen LogP contribution in [-0.2, 0) is 19.1 Å². The number of carbonyl (C=O) groups excluding carboxylic acids is 4. The summed E-state index contributed by atoms with van der Waals surface area (Å²) in [6, 6.07) is 4.41. The lowest BCUT2D eigenvalue weighted by Gasteiger charge is -2.19. The lowest BCUT2D eigenvalue weighted by Crippen LogP contribution is -2.44. The van der Waals surface area contributed by atoms with Gasteiger partial charge >= 0.3 is 12.0 Å². The monoisotopic (exact) mass is 419 g/mol. The van der Waals surface area contributed by atoms with Crippen LogP contribution >= 0.6 is 0 Å². The van der Waals surface area contributed by atoms with Crippen molar-refractivity contribution in [1.82, 2.24) is 10.2 Å². The molecule has 3 rings (SSSR count). The normalized spacial score (nSPS) is 17.1. The molecule has 1 aliphatic heterocycles. The third-order valence-corrected chi connectivity index (χ3v) is 5.29. The molecule has 0 unspecified atom stereocenters. The van der Waals surface area contributed by atoms with Gasteiger partial charge < -0.3 is 24.8 Å². The summed E-state index contributed by atoms with van der Waals surface area (Å²) < 4.78 is 15.2. The number of urea groups is 1. The topological polar surface area (TPSA) is 123 Å². The van der Waals surface area contributed by atoms with Crippen LogP contribution in [0.25, 0.3) is 0 Å². The minimum absolute atomic E-state index is 0.0867. The molecule has 1 saturated carbocycles. The lowest BCUT2D eigenvalue weighted by molar-refractivity contribution is -0.147. The Morgan fingerprint density at radius 3 is 2.57 bits per heavy atom. The van der Waals surface area contributed by atoms with Crippen LogP contribution in [-0.4, -0.2) is 61.6 Å². The maximum absolute atomic E-state index is 12.5. The highest BCUT2D eigenvalue weighted by atomic mass is 16.5. The zero-order chi connectivity index (χ0) is 21.7. The molecule has 0 atom stereocenters. The Morgan fingerprint density at radius 2 is 1.90 bits per heavy atom. The number of nitrogens with zero attached hydrogens (tertiary/aromatic N) is 1. The molecule has 1 aliphatic carbocycles. The third kappa shape index (κ3) is 4.47. The largest absolute Gasteiger partial charge is 0.497 e. The first kappa shape index (κ1) is 21.4. The number of benzene rings is 1. The van der Waals surface area contributed by atoms with E-state index in [2.05, 4.69) is 10.6 Å². The molecule has 0 aromatic heterocycles. The van der Waals surface area contributed by atoms with Crippen LogP contribution in [0, 0.1) is 0 Å². The molecule has 1 heterocycles. The third-order valence-electron chi connectivity index (χ3n) is 5.29. The van der Waals surface area contributed by atoms with E-state index in [4.69, 9.17) is 14.2 Å². The van der Waals surface area contributed by atoms with E-state index < -0.39 is 30.1 Å². The van der Waals surface area contributed by atoms with Gasteiger partial charge in [-0.1, -0.05) is 12.8 Å². The Kier molecular flexibility index (Phi) is 6.43. The molecular formula is C20H25N3O7. The predicted octanol–water partition coefficient (Wildman–Crippen LogP) is 1.44. The van der Waals surface area contributed by atoms with Gasteiger partial charge in [0.1, 0.15) is 17.0 Å². The van der Waals surface area contributed by atoms with Gasteiger partial charge in [0.2, 0.25) is 0 Å². The van der Waals surface area contributed by atoms with Gasteiger partial charge in [0.15, 0.2) is 6.61 Å². The van der Waals surface area contributed by atoms with Crippen LogP contribution in [0.4, 0.5) is 10.5 Å². The van der Waals surface area contributed by atoms with Crippen molar-refractivity contribution in [2.75, 3.05) is 32.7 Å². The molecule has 2 N–H and O–H groups in total. The van der Waals surface area contributed by atoms with E-state index in [-0.39, 0.29) is 18.9 Å². The van der Waals surface area contributed by atoms with Crippen LogP contribution in [0.3, 0.4) is 0 Å². The molecule has 1 aromatic rings. The first-order valence-electron chi connectivity index (χ1n) is 9.70. The molecule has 4 amide bonds. The predicted molar refractivity (Wildman–Crippen MR) is 105 cm³/mol. The number of rotatable bonds is 8. The summed E-state index contributed by atoms with van der Waals surface area (Å²) in [7, 11) is 2.96. The smallest absolute Gasteiger partial charge is 0.325 e. The van der Waals surface area contributed by atoms with Crippen LogP contribution in [0.5, 0.6) is 11.5 Å². The number of hydrogen-bond acceptors (Lipinski definition) is 7. The highest BCUT2D eigenvalue weighted by molar-refractivity contribution is 6.07. The van der Waals surface area contributed by atoms with E-state index in [9.17, 15) is 19.2 Å². The Morgan fingerprint density at radius 1 is 1.17 bits per heavy atom. The highest BCUT2D eigenvalue weighted by Gasteiger charge is 2.52. The maximum atomic E-state index is 12.5. The average Bonchev–Trinajstić information content (AvgIpc) is 3.30. The molecule has 2 aliphatic rings. The second-order valence-corrected chi connectivity index (χ2v) is 7.20. The van der Waals surface area contributed by atoms with Gasteiger partial charge in [-0.3, -0.25) is 19.3 Å². The fourth-order valence-electron chi connectivity index (χ4n) is 3.72. The van der Waals surface area contributed by atoms with E-state index >= 15 is 0 Å². The van der Waals surface area contributed by atoms with Crippen LogP contribution in [0.15, 0.2) is 18.2 Å². The maximum Gasteiger partial charge on any atom is 0.325 e. The number of ether oxygens (including phenoxy) is 3. The molecule has 0 radical (unpaired) electrons. The molecule has 2 fully saturated rings. The Labute approximate surface area is 173 Å². The SMILES string of the molecule is COc1ccc(OC)c(NC(=O)COC(=O)CCN2C(=O)NC3(CCCC3)C2=O)c1. The second kappa shape index (κ2) is 9.02. The number of imide groups is 1. The molecule has 1 saturated heterocycles. The average molecular weight is 419 g/mol. The number of amides is 4. The van der Waals surface area contributed by atoms with Gasteiger partial charge in [0.05, 0.1) is 26.3 Å². The highest BCUT2D eigenvalue weighted by Crippen LogP contribution is 2.35. The van der Waals surface area contributed by atoms with Crippen molar-refractivity contribution in [1.29, 1.82) is 0 Å². The van der Waals surface area contributed by atoms with E-state index in [0.717, 1.165) is 17.7 Å². The van der Waals surface area contributed by atoms with Crippen LogP contribution < -0.4 is 20.1 Å². The number of esters is 1. The summed E-state index contributed by atoms with van der Waals surface area (Å²) in [5.41, 5.74) is -0.435. The molecule has 162 valence electrons.